The number of benzene rings is 1. The van der Waals surface area contributed by atoms with E-state index in [9.17, 15) is 14.9 Å². The lowest BCUT2D eigenvalue weighted by atomic mass is 10.2. The van der Waals surface area contributed by atoms with Crippen molar-refractivity contribution >= 4 is 23.4 Å². The van der Waals surface area contributed by atoms with Gasteiger partial charge in [-0.05, 0) is 18.6 Å². The van der Waals surface area contributed by atoms with Gasteiger partial charge in [0.15, 0.2) is 0 Å². The summed E-state index contributed by atoms with van der Waals surface area (Å²) in [6, 6.07) is 4.55. The quantitative estimate of drug-likeness (QED) is 0.484. The van der Waals surface area contributed by atoms with Gasteiger partial charge in [0.1, 0.15) is 0 Å². The number of carbonyl (C=O) groups is 1. The standard InChI is InChI=1S/C9H9NO4S/c1-6-2-7(10(13)14)4-8(3-6)15-5-9(11)12/h2-4H,5H2,1H3,(H,11,12). The Kier molecular flexibility index (Phi) is 3.68. The molecule has 6 heteroatoms. The first-order valence-corrected chi connectivity index (χ1v) is 5.08. The van der Waals surface area contributed by atoms with Crippen molar-refractivity contribution in [2.45, 2.75) is 11.8 Å². The zero-order valence-corrected chi connectivity index (χ0v) is 8.78. The maximum atomic E-state index is 10.5. The number of aliphatic carboxylic acids is 1. The Hall–Kier alpha value is -1.56. The van der Waals surface area contributed by atoms with Crippen LogP contribution in [-0.4, -0.2) is 21.8 Å². The number of carboxylic acids is 1. The lowest BCUT2D eigenvalue weighted by molar-refractivity contribution is -0.385. The van der Waals surface area contributed by atoms with Crippen LogP contribution < -0.4 is 0 Å². The molecule has 5 nitrogen and oxygen atoms in total. The fourth-order valence-electron chi connectivity index (χ4n) is 1.06. The molecule has 0 aromatic heterocycles. The predicted octanol–water partition coefficient (Wildman–Crippen LogP) is 2.08. The third-order valence-electron chi connectivity index (χ3n) is 1.61. The largest absolute Gasteiger partial charge is 0.481 e. The Morgan fingerprint density at radius 2 is 2.20 bits per heavy atom. The molecule has 0 aliphatic carbocycles. The van der Waals surface area contributed by atoms with Gasteiger partial charge >= 0.3 is 5.97 Å². The normalized spacial score (nSPS) is 9.93. The van der Waals surface area contributed by atoms with E-state index >= 15 is 0 Å². The molecular formula is C9H9NO4S. The lowest BCUT2D eigenvalue weighted by Crippen LogP contribution is -1.97. The van der Waals surface area contributed by atoms with Gasteiger partial charge in [0, 0.05) is 17.0 Å². The number of aryl methyl sites for hydroxylation is 1. The van der Waals surface area contributed by atoms with Crippen LogP contribution in [-0.2, 0) is 4.79 Å². The maximum absolute atomic E-state index is 10.5. The minimum atomic E-state index is -0.941. The van der Waals surface area contributed by atoms with Gasteiger partial charge in [0.2, 0.25) is 0 Å². The Morgan fingerprint density at radius 1 is 1.53 bits per heavy atom. The van der Waals surface area contributed by atoms with Crippen LogP contribution in [0, 0.1) is 17.0 Å². The summed E-state index contributed by atoms with van der Waals surface area (Å²) >= 11 is 1.07. The SMILES string of the molecule is Cc1cc(SCC(=O)O)cc([N+](=O)[O-])c1. The van der Waals surface area contributed by atoms with Crippen molar-refractivity contribution in [2.24, 2.45) is 0 Å². The molecule has 0 aliphatic heterocycles. The van der Waals surface area contributed by atoms with Crippen molar-refractivity contribution in [3.8, 4) is 0 Å². The first kappa shape index (κ1) is 11.5. The molecule has 0 radical (unpaired) electrons. The zero-order valence-electron chi connectivity index (χ0n) is 7.97. The van der Waals surface area contributed by atoms with E-state index in [1.165, 1.54) is 12.1 Å². The molecule has 0 aliphatic rings. The van der Waals surface area contributed by atoms with Gasteiger partial charge in [0.05, 0.1) is 10.7 Å². The van der Waals surface area contributed by atoms with Crippen molar-refractivity contribution in [1.29, 1.82) is 0 Å². The maximum Gasteiger partial charge on any atom is 0.313 e. The number of nitro groups is 1. The van der Waals surface area contributed by atoms with Gasteiger partial charge in [-0.25, -0.2) is 0 Å². The van der Waals surface area contributed by atoms with E-state index in [1.54, 1.807) is 13.0 Å². The third-order valence-corrected chi connectivity index (χ3v) is 2.57. The number of carboxylic acid groups (broad SMARTS) is 1. The highest BCUT2D eigenvalue weighted by Crippen LogP contribution is 2.24. The monoisotopic (exact) mass is 227 g/mol. The molecule has 80 valence electrons. The van der Waals surface area contributed by atoms with Gasteiger partial charge in [0.25, 0.3) is 5.69 Å². The molecule has 0 saturated heterocycles. The summed E-state index contributed by atoms with van der Waals surface area (Å²) in [5, 5.41) is 19.0. The van der Waals surface area contributed by atoms with Gasteiger partial charge in [-0.3, -0.25) is 14.9 Å². The van der Waals surface area contributed by atoms with E-state index in [1.807, 2.05) is 0 Å². The zero-order chi connectivity index (χ0) is 11.4. The highest BCUT2D eigenvalue weighted by Gasteiger charge is 2.09. The number of non-ortho nitro benzene ring substituents is 1. The molecule has 0 saturated carbocycles. The number of nitro benzene ring substituents is 1. The Morgan fingerprint density at radius 3 is 2.73 bits per heavy atom. The van der Waals surface area contributed by atoms with E-state index < -0.39 is 10.9 Å². The number of nitrogens with zero attached hydrogens (tertiary/aromatic N) is 1. The van der Waals surface area contributed by atoms with E-state index in [0.717, 1.165) is 17.3 Å². The van der Waals surface area contributed by atoms with Crippen molar-refractivity contribution < 1.29 is 14.8 Å². The number of rotatable bonds is 4. The second-order valence-electron chi connectivity index (χ2n) is 2.94. The highest BCUT2D eigenvalue weighted by atomic mass is 32.2. The van der Waals surface area contributed by atoms with Crippen LogP contribution in [0.25, 0.3) is 0 Å². The third kappa shape index (κ3) is 3.59. The smallest absolute Gasteiger partial charge is 0.313 e. The molecule has 15 heavy (non-hydrogen) atoms. The number of hydrogen-bond acceptors (Lipinski definition) is 4. The van der Waals surface area contributed by atoms with Crippen LogP contribution in [0.3, 0.4) is 0 Å². The fourth-order valence-corrected chi connectivity index (χ4v) is 1.83. The Labute approximate surface area is 90.3 Å². The van der Waals surface area contributed by atoms with Gasteiger partial charge in [-0.2, -0.15) is 0 Å². The molecule has 0 fully saturated rings. The first-order valence-electron chi connectivity index (χ1n) is 4.09. The highest BCUT2D eigenvalue weighted by molar-refractivity contribution is 8.00. The Balaban J connectivity index is 2.88. The van der Waals surface area contributed by atoms with Gasteiger partial charge in [-0.15, -0.1) is 11.8 Å². The van der Waals surface area contributed by atoms with E-state index in [2.05, 4.69) is 0 Å². The second kappa shape index (κ2) is 4.79. The van der Waals surface area contributed by atoms with Crippen LogP contribution in [0.1, 0.15) is 5.56 Å². The van der Waals surface area contributed by atoms with E-state index in [-0.39, 0.29) is 11.4 Å². The van der Waals surface area contributed by atoms with Crippen LogP contribution in [0.2, 0.25) is 0 Å². The lowest BCUT2D eigenvalue weighted by Gasteiger charge is -2.00. The topological polar surface area (TPSA) is 80.4 Å². The van der Waals surface area contributed by atoms with Gasteiger partial charge < -0.3 is 5.11 Å². The van der Waals surface area contributed by atoms with E-state index in [4.69, 9.17) is 5.11 Å². The molecule has 0 unspecified atom stereocenters. The summed E-state index contributed by atoms with van der Waals surface area (Å²) in [5.41, 5.74) is 0.736. The minimum Gasteiger partial charge on any atom is -0.481 e. The molecule has 0 spiro atoms. The first-order chi connectivity index (χ1) is 6.99. The summed E-state index contributed by atoms with van der Waals surface area (Å²) in [7, 11) is 0. The molecule has 0 heterocycles. The molecule has 1 aromatic rings. The molecule has 0 bridgehead atoms. The summed E-state index contributed by atoms with van der Waals surface area (Å²) in [6.07, 6.45) is 0. The summed E-state index contributed by atoms with van der Waals surface area (Å²) in [6.45, 7) is 1.73. The average Bonchev–Trinajstić information content (AvgIpc) is 2.13. The van der Waals surface area contributed by atoms with Crippen LogP contribution >= 0.6 is 11.8 Å². The van der Waals surface area contributed by atoms with Crippen LogP contribution in [0.15, 0.2) is 23.1 Å². The molecule has 1 aromatic carbocycles. The molecule has 1 N–H and O–H groups in total. The Bertz CT molecular complexity index is 405. The summed E-state index contributed by atoms with van der Waals surface area (Å²) in [4.78, 5) is 21.0. The number of hydrogen-bond donors (Lipinski definition) is 1. The van der Waals surface area contributed by atoms with E-state index in [0.29, 0.717) is 4.90 Å². The second-order valence-corrected chi connectivity index (χ2v) is 3.99. The average molecular weight is 227 g/mol. The predicted molar refractivity (Wildman–Crippen MR) is 56.2 cm³/mol. The molecule has 0 atom stereocenters. The van der Waals surface area contributed by atoms with Crippen LogP contribution in [0.5, 0.6) is 0 Å². The van der Waals surface area contributed by atoms with Crippen molar-refractivity contribution in [3.05, 3.63) is 33.9 Å². The van der Waals surface area contributed by atoms with Crippen molar-refractivity contribution in [2.75, 3.05) is 5.75 Å². The van der Waals surface area contributed by atoms with Crippen LogP contribution in [0.4, 0.5) is 5.69 Å². The summed E-state index contributed by atoms with van der Waals surface area (Å²) < 4.78 is 0. The minimum absolute atomic E-state index is 0.0112. The molecule has 0 amide bonds. The fraction of sp³-hybridized carbons (Fsp3) is 0.222. The van der Waals surface area contributed by atoms with Gasteiger partial charge in [-0.1, -0.05) is 0 Å². The van der Waals surface area contributed by atoms with Crippen molar-refractivity contribution in [1.82, 2.24) is 0 Å². The number of thioether (sulfide) groups is 1. The molecule has 1 rings (SSSR count). The summed E-state index contributed by atoms with van der Waals surface area (Å²) in [5.74, 6) is -1.04. The van der Waals surface area contributed by atoms with Crippen molar-refractivity contribution in [3.63, 3.8) is 0 Å². The molecular weight excluding hydrogens is 218 g/mol.